The standard InChI is InChI=1S/C8H16N4O2/c9-8(14)6-2-1-3-12(4-6)5-7(13)11-10/h6H,1-5,10H2,(H2,9,14)(H,11,13). The fourth-order valence-corrected chi connectivity index (χ4v) is 1.68. The first-order chi connectivity index (χ1) is 6.63. The van der Waals surface area contributed by atoms with Gasteiger partial charge in [-0.2, -0.15) is 0 Å². The van der Waals surface area contributed by atoms with Crippen molar-refractivity contribution in [2.24, 2.45) is 17.5 Å². The second-order valence-corrected chi connectivity index (χ2v) is 3.54. The van der Waals surface area contributed by atoms with Crippen molar-refractivity contribution in [3.8, 4) is 0 Å². The monoisotopic (exact) mass is 200 g/mol. The minimum atomic E-state index is -0.289. The SMILES string of the molecule is NNC(=O)CN1CCCC(C(N)=O)C1. The van der Waals surface area contributed by atoms with E-state index in [0.717, 1.165) is 19.4 Å². The number of nitrogens with zero attached hydrogens (tertiary/aromatic N) is 1. The van der Waals surface area contributed by atoms with Crippen LogP contribution in [0.25, 0.3) is 0 Å². The summed E-state index contributed by atoms with van der Waals surface area (Å²) in [5, 5.41) is 0. The molecule has 1 aliphatic rings. The minimum absolute atomic E-state index is 0.130. The number of amides is 2. The number of nitrogens with two attached hydrogens (primary N) is 2. The fourth-order valence-electron chi connectivity index (χ4n) is 1.68. The second-order valence-electron chi connectivity index (χ2n) is 3.54. The Morgan fingerprint density at radius 2 is 2.21 bits per heavy atom. The van der Waals surface area contributed by atoms with Crippen molar-refractivity contribution in [1.82, 2.24) is 10.3 Å². The Balaban J connectivity index is 2.40. The van der Waals surface area contributed by atoms with Gasteiger partial charge < -0.3 is 5.73 Å². The van der Waals surface area contributed by atoms with Gasteiger partial charge in [-0.05, 0) is 19.4 Å². The maximum atomic E-state index is 11.0. The van der Waals surface area contributed by atoms with Gasteiger partial charge in [0.2, 0.25) is 11.8 Å². The number of hydrogen-bond donors (Lipinski definition) is 3. The number of primary amides is 1. The zero-order valence-electron chi connectivity index (χ0n) is 8.03. The Morgan fingerprint density at radius 3 is 2.79 bits per heavy atom. The van der Waals surface area contributed by atoms with Gasteiger partial charge in [-0.25, -0.2) is 5.84 Å². The summed E-state index contributed by atoms with van der Waals surface area (Å²) in [7, 11) is 0. The molecule has 1 atom stereocenters. The molecule has 1 aliphatic heterocycles. The van der Waals surface area contributed by atoms with Crippen molar-refractivity contribution < 1.29 is 9.59 Å². The Labute approximate surface area is 82.6 Å². The second kappa shape index (κ2) is 4.92. The van der Waals surface area contributed by atoms with Crippen LogP contribution in [0.5, 0.6) is 0 Å². The summed E-state index contributed by atoms with van der Waals surface area (Å²) in [4.78, 5) is 23.8. The zero-order valence-corrected chi connectivity index (χ0v) is 8.03. The maximum absolute atomic E-state index is 11.0. The van der Waals surface area contributed by atoms with Crippen molar-refractivity contribution in [3.05, 3.63) is 0 Å². The fraction of sp³-hybridized carbons (Fsp3) is 0.750. The summed E-state index contributed by atoms with van der Waals surface area (Å²) in [6.07, 6.45) is 1.71. The highest BCUT2D eigenvalue weighted by molar-refractivity contribution is 5.78. The first kappa shape index (κ1) is 10.9. The number of hydrogen-bond acceptors (Lipinski definition) is 4. The number of likely N-dealkylation sites (tertiary alicyclic amines) is 1. The molecular formula is C8H16N4O2. The van der Waals surface area contributed by atoms with E-state index in [2.05, 4.69) is 5.43 Å². The summed E-state index contributed by atoms with van der Waals surface area (Å²) in [5.74, 6) is 4.31. The number of piperidine rings is 1. The van der Waals surface area contributed by atoms with Gasteiger partial charge in [0, 0.05) is 6.54 Å². The van der Waals surface area contributed by atoms with Gasteiger partial charge in [0.05, 0.1) is 12.5 Å². The van der Waals surface area contributed by atoms with Gasteiger partial charge >= 0.3 is 0 Å². The lowest BCUT2D eigenvalue weighted by Gasteiger charge is -2.30. The summed E-state index contributed by atoms with van der Waals surface area (Å²) in [6, 6.07) is 0. The van der Waals surface area contributed by atoms with Crippen molar-refractivity contribution >= 4 is 11.8 Å². The summed E-state index contributed by atoms with van der Waals surface area (Å²) >= 11 is 0. The van der Waals surface area contributed by atoms with Crippen LogP contribution in [0.3, 0.4) is 0 Å². The molecule has 2 amide bonds. The van der Waals surface area contributed by atoms with E-state index < -0.39 is 0 Å². The van der Waals surface area contributed by atoms with Crippen LogP contribution >= 0.6 is 0 Å². The van der Waals surface area contributed by atoms with E-state index >= 15 is 0 Å². The van der Waals surface area contributed by atoms with E-state index in [0.29, 0.717) is 6.54 Å². The lowest BCUT2D eigenvalue weighted by molar-refractivity contribution is -0.126. The molecule has 1 heterocycles. The highest BCUT2D eigenvalue weighted by atomic mass is 16.2. The molecule has 0 radical (unpaired) electrons. The smallest absolute Gasteiger partial charge is 0.248 e. The molecule has 1 saturated heterocycles. The molecule has 0 saturated carbocycles. The van der Waals surface area contributed by atoms with Crippen LogP contribution in [0.4, 0.5) is 0 Å². The molecule has 5 N–H and O–H groups in total. The van der Waals surface area contributed by atoms with Gasteiger partial charge in [-0.3, -0.25) is 19.9 Å². The van der Waals surface area contributed by atoms with Crippen molar-refractivity contribution in [1.29, 1.82) is 0 Å². The quantitative estimate of drug-likeness (QED) is 0.283. The van der Waals surface area contributed by atoms with Gasteiger partial charge in [0.25, 0.3) is 0 Å². The maximum Gasteiger partial charge on any atom is 0.248 e. The van der Waals surface area contributed by atoms with E-state index in [9.17, 15) is 9.59 Å². The Morgan fingerprint density at radius 1 is 1.50 bits per heavy atom. The molecule has 0 aromatic heterocycles. The Kier molecular flexibility index (Phi) is 3.84. The largest absolute Gasteiger partial charge is 0.369 e. The van der Waals surface area contributed by atoms with Crippen LogP contribution in [0.2, 0.25) is 0 Å². The lowest BCUT2D eigenvalue weighted by atomic mass is 9.97. The Bertz CT molecular complexity index is 231. The molecule has 0 bridgehead atoms. The summed E-state index contributed by atoms with van der Waals surface area (Å²) in [5.41, 5.74) is 7.26. The summed E-state index contributed by atoms with van der Waals surface area (Å²) in [6.45, 7) is 1.61. The van der Waals surface area contributed by atoms with Gasteiger partial charge in [-0.1, -0.05) is 0 Å². The van der Waals surface area contributed by atoms with Crippen LogP contribution in [0.15, 0.2) is 0 Å². The Hall–Kier alpha value is -1.14. The molecule has 1 rings (SSSR count). The lowest BCUT2D eigenvalue weighted by Crippen LogP contribution is -2.46. The van der Waals surface area contributed by atoms with Gasteiger partial charge in [-0.15, -0.1) is 0 Å². The number of carbonyl (C=O) groups excluding carboxylic acids is 2. The van der Waals surface area contributed by atoms with E-state index in [1.165, 1.54) is 0 Å². The van der Waals surface area contributed by atoms with E-state index in [1.807, 2.05) is 4.90 Å². The minimum Gasteiger partial charge on any atom is -0.369 e. The van der Waals surface area contributed by atoms with Crippen LogP contribution in [0, 0.1) is 5.92 Å². The van der Waals surface area contributed by atoms with Crippen LogP contribution in [-0.4, -0.2) is 36.3 Å². The average Bonchev–Trinajstić information content (AvgIpc) is 2.18. The molecule has 0 aliphatic carbocycles. The van der Waals surface area contributed by atoms with Crippen molar-refractivity contribution in [2.45, 2.75) is 12.8 Å². The first-order valence-corrected chi connectivity index (χ1v) is 4.64. The molecule has 1 fully saturated rings. The number of carbonyl (C=O) groups is 2. The molecule has 80 valence electrons. The average molecular weight is 200 g/mol. The molecule has 6 nitrogen and oxygen atoms in total. The van der Waals surface area contributed by atoms with Crippen molar-refractivity contribution in [2.75, 3.05) is 19.6 Å². The first-order valence-electron chi connectivity index (χ1n) is 4.64. The molecular weight excluding hydrogens is 184 g/mol. The van der Waals surface area contributed by atoms with Gasteiger partial charge in [0.15, 0.2) is 0 Å². The van der Waals surface area contributed by atoms with Crippen LogP contribution < -0.4 is 17.0 Å². The third kappa shape index (κ3) is 2.97. The molecule has 0 aromatic rings. The topological polar surface area (TPSA) is 101 Å². The molecule has 1 unspecified atom stereocenters. The van der Waals surface area contributed by atoms with Gasteiger partial charge in [0.1, 0.15) is 0 Å². The highest BCUT2D eigenvalue weighted by Crippen LogP contribution is 2.15. The van der Waals surface area contributed by atoms with Crippen molar-refractivity contribution in [3.63, 3.8) is 0 Å². The molecule has 6 heteroatoms. The zero-order chi connectivity index (χ0) is 10.6. The van der Waals surface area contributed by atoms with E-state index in [4.69, 9.17) is 11.6 Å². The number of rotatable bonds is 3. The van der Waals surface area contributed by atoms with E-state index in [-0.39, 0.29) is 24.3 Å². The van der Waals surface area contributed by atoms with Crippen LogP contribution in [-0.2, 0) is 9.59 Å². The predicted octanol–water partition coefficient (Wildman–Crippen LogP) is -1.83. The van der Waals surface area contributed by atoms with Crippen LogP contribution in [0.1, 0.15) is 12.8 Å². The third-order valence-corrected chi connectivity index (χ3v) is 2.44. The third-order valence-electron chi connectivity index (χ3n) is 2.44. The van der Waals surface area contributed by atoms with E-state index in [1.54, 1.807) is 0 Å². The number of hydrazine groups is 1. The number of nitrogens with one attached hydrogen (secondary N) is 1. The summed E-state index contributed by atoms with van der Waals surface area (Å²) < 4.78 is 0. The molecule has 0 aromatic carbocycles. The molecule has 14 heavy (non-hydrogen) atoms. The molecule has 0 spiro atoms. The normalized spacial score (nSPS) is 23.1. The highest BCUT2D eigenvalue weighted by Gasteiger charge is 2.24. The predicted molar refractivity (Wildman–Crippen MR) is 50.7 cm³/mol.